The number of hydrogen-bond acceptors (Lipinski definition) is 9. The average Bonchev–Trinajstić information content (AvgIpc) is 3.28. The van der Waals surface area contributed by atoms with Crippen LogP contribution in [0.3, 0.4) is 0 Å². The number of methoxy groups -OCH3 is 1. The Morgan fingerprint density at radius 3 is 2.58 bits per heavy atom. The molecule has 0 radical (unpaired) electrons. The molecular formula is C24H31N7O4S. The molecule has 11 nitrogen and oxygen atoms in total. The van der Waals surface area contributed by atoms with E-state index >= 15 is 0 Å². The molecule has 3 heterocycles. The van der Waals surface area contributed by atoms with E-state index in [4.69, 9.17) is 10.5 Å². The summed E-state index contributed by atoms with van der Waals surface area (Å²) < 4.78 is 5.23. The van der Waals surface area contributed by atoms with Crippen LogP contribution in [-0.2, 0) is 0 Å². The zero-order valence-electron chi connectivity index (χ0n) is 20.8. The summed E-state index contributed by atoms with van der Waals surface area (Å²) in [6.45, 7) is 7.16. The van der Waals surface area contributed by atoms with Crippen molar-refractivity contribution in [3.63, 3.8) is 0 Å². The van der Waals surface area contributed by atoms with E-state index in [1.807, 2.05) is 30.0 Å². The quantitative estimate of drug-likeness (QED) is 0.393. The number of carbonyl (C=O) groups is 2. The van der Waals surface area contributed by atoms with Crippen molar-refractivity contribution in [2.24, 2.45) is 0 Å². The Bertz CT molecular complexity index is 1280. The Labute approximate surface area is 213 Å². The molecule has 36 heavy (non-hydrogen) atoms. The molecule has 192 valence electrons. The highest BCUT2D eigenvalue weighted by Crippen LogP contribution is 2.33. The van der Waals surface area contributed by atoms with Gasteiger partial charge in [0.2, 0.25) is 5.95 Å². The van der Waals surface area contributed by atoms with Crippen molar-refractivity contribution < 1.29 is 19.4 Å². The monoisotopic (exact) mass is 513 g/mol. The number of carbonyl (C=O) groups excluding carboxylic acids is 2. The average molecular weight is 514 g/mol. The Morgan fingerprint density at radius 2 is 1.94 bits per heavy atom. The number of anilines is 3. The maximum atomic E-state index is 13.0. The highest BCUT2D eigenvalue weighted by molar-refractivity contribution is 7.17. The van der Waals surface area contributed by atoms with Crippen LogP contribution in [0, 0.1) is 6.92 Å². The molecule has 0 unspecified atom stereocenters. The number of rotatable bonds is 6. The number of nitrogens with one attached hydrogen (secondary N) is 2. The standard InChI is InChI=1S/C24H31N7O4S/c1-14-11-15(35-4)5-6-17(14)26-23(34)31-9-7-30(8-10-31)19-18-16(20(33)29-24(2,3)13-32)12-36-21(18)28-22(25)27-19/h5-6,11-12,32H,7-10,13H2,1-4H3,(H,26,34)(H,29,33)(H2,25,27,28). The maximum Gasteiger partial charge on any atom is 0.321 e. The van der Waals surface area contributed by atoms with Gasteiger partial charge in [0, 0.05) is 37.2 Å². The number of ether oxygens (including phenoxy) is 1. The number of aromatic nitrogens is 2. The van der Waals surface area contributed by atoms with Crippen LogP contribution in [0.2, 0.25) is 0 Å². The molecule has 0 spiro atoms. The molecule has 3 aromatic rings. The number of amides is 3. The van der Waals surface area contributed by atoms with E-state index in [0.29, 0.717) is 47.8 Å². The number of thiophene rings is 1. The highest BCUT2D eigenvalue weighted by atomic mass is 32.1. The van der Waals surface area contributed by atoms with Crippen molar-refractivity contribution >= 4 is 50.9 Å². The first-order valence-electron chi connectivity index (χ1n) is 11.6. The first-order valence-corrected chi connectivity index (χ1v) is 12.4. The smallest absolute Gasteiger partial charge is 0.321 e. The molecule has 0 aliphatic carbocycles. The van der Waals surface area contributed by atoms with Gasteiger partial charge in [-0.05, 0) is 44.5 Å². The molecule has 1 aliphatic rings. The number of nitrogens with zero attached hydrogens (tertiary/aromatic N) is 4. The van der Waals surface area contributed by atoms with Gasteiger partial charge in [-0.2, -0.15) is 4.98 Å². The molecule has 0 saturated carbocycles. The van der Waals surface area contributed by atoms with Crippen LogP contribution in [0.5, 0.6) is 5.75 Å². The predicted octanol–water partition coefficient (Wildman–Crippen LogP) is 2.45. The second-order valence-corrected chi connectivity index (χ2v) is 10.2. The molecule has 1 aliphatic heterocycles. The fraction of sp³-hybridized carbons (Fsp3) is 0.417. The van der Waals surface area contributed by atoms with Gasteiger partial charge < -0.3 is 36.0 Å². The topological polar surface area (TPSA) is 146 Å². The van der Waals surface area contributed by atoms with Crippen LogP contribution in [-0.4, -0.2) is 77.3 Å². The Morgan fingerprint density at radius 1 is 1.22 bits per heavy atom. The largest absolute Gasteiger partial charge is 0.497 e. The number of aliphatic hydroxyl groups excluding tert-OH is 1. The number of aliphatic hydroxyl groups is 1. The van der Waals surface area contributed by atoms with Crippen LogP contribution in [0.25, 0.3) is 10.2 Å². The lowest BCUT2D eigenvalue weighted by Crippen LogP contribution is -2.50. The first-order chi connectivity index (χ1) is 17.1. The Hall–Kier alpha value is -3.64. The third-order valence-electron chi connectivity index (χ3n) is 6.07. The molecule has 3 amide bonds. The fourth-order valence-corrected chi connectivity index (χ4v) is 4.89. The third-order valence-corrected chi connectivity index (χ3v) is 6.94. The van der Waals surface area contributed by atoms with Gasteiger partial charge in [-0.25, -0.2) is 9.78 Å². The van der Waals surface area contributed by atoms with Crippen LogP contribution in [0.4, 0.5) is 22.2 Å². The third kappa shape index (κ3) is 5.29. The number of urea groups is 1. The first kappa shape index (κ1) is 25.5. The number of nitrogens with two attached hydrogens (primary N) is 1. The van der Waals surface area contributed by atoms with Crippen molar-refractivity contribution in [1.82, 2.24) is 20.2 Å². The minimum atomic E-state index is -0.776. The molecule has 2 aromatic heterocycles. The zero-order valence-corrected chi connectivity index (χ0v) is 21.6. The molecule has 4 rings (SSSR count). The zero-order chi connectivity index (χ0) is 26.0. The molecule has 1 aromatic carbocycles. The summed E-state index contributed by atoms with van der Waals surface area (Å²) >= 11 is 1.31. The van der Waals surface area contributed by atoms with Gasteiger partial charge in [0.05, 0.1) is 30.2 Å². The summed E-state index contributed by atoms with van der Waals surface area (Å²) in [7, 11) is 1.60. The van der Waals surface area contributed by atoms with Gasteiger partial charge in [0.25, 0.3) is 5.91 Å². The predicted molar refractivity (Wildman–Crippen MR) is 141 cm³/mol. The Kier molecular flexibility index (Phi) is 7.18. The van der Waals surface area contributed by atoms with Crippen molar-refractivity contribution in [3.05, 3.63) is 34.7 Å². The van der Waals surface area contributed by atoms with Crippen LogP contribution in [0.1, 0.15) is 29.8 Å². The van der Waals surface area contributed by atoms with E-state index in [1.54, 1.807) is 31.2 Å². The Balaban J connectivity index is 1.50. The van der Waals surface area contributed by atoms with Crippen molar-refractivity contribution in [3.8, 4) is 5.75 Å². The molecule has 1 saturated heterocycles. The van der Waals surface area contributed by atoms with Crippen LogP contribution < -0.4 is 26.0 Å². The highest BCUT2D eigenvalue weighted by Gasteiger charge is 2.28. The van der Waals surface area contributed by atoms with E-state index in [-0.39, 0.29) is 24.5 Å². The summed E-state index contributed by atoms with van der Waals surface area (Å²) in [5, 5.41) is 17.7. The van der Waals surface area contributed by atoms with Gasteiger partial charge in [-0.1, -0.05) is 0 Å². The summed E-state index contributed by atoms with van der Waals surface area (Å²) in [5.41, 5.74) is 7.27. The second-order valence-electron chi connectivity index (χ2n) is 9.32. The number of nitrogen functional groups attached to an aromatic ring is 1. The van der Waals surface area contributed by atoms with Gasteiger partial charge in [-0.15, -0.1) is 11.3 Å². The molecular weight excluding hydrogens is 482 g/mol. The van der Waals surface area contributed by atoms with Gasteiger partial charge in [0.15, 0.2) is 0 Å². The number of fused-ring (bicyclic) bond motifs is 1. The summed E-state index contributed by atoms with van der Waals surface area (Å²) in [4.78, 5) is 39.0. The SMILES string of the molecule is COc1ccc(NC(=O)N2CCN(c3nc(N)nc4scc(C(=O)NC(C)(C)CO)c34)CC2)c(C)c1. The summed E-state index contributed by atoms with van der Waals surface area (Å²) in [5.74, 6) is 1.10. The van der Waals surface area contributed by atoms with E-state index in [1.165, 1.54) is 11.3 Å². The lowest BCUT2D eigenvalue weighted by Gasteiger charge is -2.35. The number of hydrogen-bond donors (Lipinski definition) is 4. The summed E-state index contributed by atoms with van der Waals surface area (Å²) in [6, 6.07) is 5.32. The molecule has 1 fully saturated rings. The lowest BCUT2D eigenvalue weighted by molar-refractivity contribution is 0.0871. The minimum absolute atomic E-state index is 0.122. The van der Waals surface area contributed by atoms with E-state index in [0.717, 1.165) is 17.0 Å². The van der Waals surface area contributed by atoms with Gasteiger partial charge in [0.1, 0.15) is 16.4 Å². The van der Waals surface area contributed by atoms with E-state index < -0.39 is 5.54 Å². The van der Waals surface area contributed by atoms with E-state index in [9.17, 15) is 14.7 Å². The number of aryl methyl sites for hydroxylation is 1. The van der Waals surface area contributed by atoms with Crippen molar-refractivity contribution in [2.45, 2.75) is 26.3 Å². The van der Waals surface area contributed by atoms with Gasteiger partial charge >= 0.3 is 6.03 Å². The molecule has 5 N–H and O–H groups in total. The normalized spacial score (nSPS) is 14.1. The van der Waals surface area contributed by atoms with Gasteiger partial charge in [-0.3, -0.25) is 4.79 Å². The molecule has 12 heteroatoms. The van der Waals surface area contributed by atoms with Crippen LogP contribution >= 0.6 is 11.3 Å². The molecule has 0 atom stereocenters. The number of benzene rings is 1. The summed E-state index contributed by atoms with van der Waals surface area (Å²) in [6.07, 6.45) is 0. The van der Waals surface area contributed by atoms with Crippen molar-refractivity contribution in [2.75, 3.05) is 55.8 Å². The van der Waals surface area contributed by atoms with Crippen molar-refractivity contribution in [1.29, 1.82) is 0 Å². The number of piperazine rings is 1. The maximum absolute atomic E-state index is 13.0. The van der Waals surface area contributed by atoms with Crippen LogP contribution in [0.15, 0.2) is 23.6 Å². The molecule has 0 bridgehead atoms. The fourth-order valence-electron chi connectivity index (χ4n) is 3.97. The minimum Gasteiger partial charge on any atom is -0.497 e. The lowest BCUT2D eigenvalue weighted by atomic mass is 10.1. The van der Waals surface area contributed by atoms with E-state index in [2.05, 4.69) is 20.6 Å². The second kappa shape index (κ2) is 10.2.